The van der Waals surface area contributed by atoms with Crippen LogP contribution < -0.4 is 10.0 Å². The Bertz CT molecular complexity index is 544. The van der Waals surface area contributed by atoms with Crippen LogP contribution in [0.2, 0.25) is 0 Å². The molecular weight excluding hydrogens is 308 g/mol. The molecular formula is C13H24N4O2S2. The minimum absolute atomic E-state index is 0.0494. The van der Waals surface area contributed by atoms with Gasteiger partial charge in [0.2, 0.25) is 0 Å². The van der Waals surface area contributed by atoms with Crippen molar-refractivity contribution in [2.75, 3.05) is 19.6 Å². The van der Waals surface area contributed by atoms with Crippen molar-refractivity contribution in [2.24, 2.45) is 0 Å². The second-order valence-electron chi connectivity index (χ2n) is 5.25. The van der Waals surface area contributed by atoms with Gasteiger partial charge in [0.1, 0.15) is 0 Å². The maximum atomic E-state index is 12.5. The molecule has 0 amide bonds. The minimum Gasteiger partial charge on any atom is -0.315 e. The van der Waals surface area contributed by atoms with Crippen LogP contribution >= 0.6 is 11.3 Å². The lowest BCUT2D eigenvalue weighted by molar-refractivity contribution is 0.243. The van der Waals surface area contributed by atoms with Gasteiger partial charge in [-0.15, -0.1) is 11.3 Å². The number of aryl methyl sites for hydroxylation is 1. The van der Waals surface area contributed by atoms with Gasteiger partial charge in [-0.1, -0.05) is 13.3 Å². The van der Waals surface area contributed by atoms with Gasteiger partial charge in [-0.2, -0.15) is 17.4 Å². The maximum Gasteiger partial charge on any atom is 0.280 e. The molecule has 0 radical (unpaired) electrons. The molecule has 0 spiro atoms. The standard InChI is InChI=1S/C13H24N4O2S2/c1-3-14-9-13-6-4-5-7-17(13)21(18,19)15-8-12-10-20-11(2)16-12/h10,13-15H,3-9H2,1-2H3. The quantitative estimate of drug-likeness (QED) is 0.788. The van der Waals surface area contributed by atoms with Gasteiger partial charge >= 0.3 is 0 Å². The van der Waals surface area contributed by atoms with Gasteiger partial charge in [-0.25, -0.2) is 4.98 Å². The van der Waals surface area contributed by atoms with Gasteiger partial charge in [0.05, 0.1) is 17.2 Å². The number of thiazole rings is 1. The fourth-order valence-corrected chi connectivity index (χ4v) is 4.59. The zero-order valence-electron chi connectivity index (χ0n) is 12.6. The Labute approximate surface area is 131 Å². The SMILES string of the molecule is CCNCC1CCCCN1S(=O)(=O)NCc1csc(C)n1. The van der Waals surface area contributed by atoms with Crippen molar-refractivity contribution in [2.45, 2.75) is 45.7 Å². The van der Waals surface area contributed by atoms with Gasteiger partial charge in [0, 0.05) is 24.5 Å². The predicted molar refractivity (Wildman–Crippen MR) is 85.5 cm³/mol. The van der Waals surface area contributed by atoms with Crippen molar-refractivity contribution in [3.05, 3.63) is 16.1 Å². The molecule has 2 N–H and O–H groups in total. The number of hydrogen-bond acceptors (Lipinski definition) is 5. The number of aromatic nitrogens is 1. The third-order valence-corrected chi connectivity index (χ3v) is 6.04. The van der Waals surface area contributed by atoms with Crippen LogP contribution in [0, 0.1) is 6.92 Å². The molecule has 6 nitrogen and oxygen atoms in total. The first-order chi connectivity index (χ1) is 10.0. The molecule has 120 valence electrons. The van der Waals surface area contributed by atoms with E-state index < -0.39 is 10.2 Å². The molecule has 1 unspecified atom stereocenters. The van der Waals surface area contributed by atoms with Crippen LogP contribution in [0.15, 0.2) is 5.38 Å². The lowest BCUT2D eigenvalue weighted by Gasteiger charge is -2.34. The Kier molecular flexibility index (Phi) is 6.12. The number of nitrogens with one attached hydrogen (secondary N) is 2. The van der Waals surface area contributed by atoms with E-state index in [9.17, 15) is 8.42 Å². The van der Waals surface area contributed by atoms with Crippen molar-refractivity contribution in [3.63, 3.8) is 0 Å². The summed E-state index contributed by atoms with van der Waals surface area (Å²) < 4.78 is 29.3. The van der Waals surface area contributed by atoms with Crippen molar-refractivity contribution in [1.29, 1.82) is 0 Å². The number of nitrogens with zero attached hydrogens (tertiary/aromatic N) is 2. The van der Waals surface area contributed by atoms with Crippen LogP contribution in [0.1, 0.15) is 36.9 Å². The second kappa shape index (κ2) is 7.64. The van der Waals surface area contributed by atoms with Crippen molar-refractivity contribution in [1.82, 2.24) is 19.3 Å². The molecule has 8 heteroatoms. The molecule has 21 heavy (non-hydrogen) atoms. The Morgan fingerprint density at radius 2 is 2.29 bits per heavy atom. The lowest BCUT2D eigenvalue weighted by atomic mass is 10.1. The number of hydrogen-bond donors (Lipinski definition) is 2. The Hall–Kier alpha value is -0.540. The Morgan fingerprint density at radius 1 is 1.48 bits per heavy atom. The molecule has 1 aliphatic rings. The van der Waals surface area contributed by atoms with Crippen LogP contribution in [-0.4, -0.2) is 43.4 Å². The molecule has 2 rings (SSSR count). The van der Waals surface area contributed by atoms with Crippen LogP contribution in [0.4, 0.5) is 0 Å². The average molecular weight is 332 g/mol. The molecule has 0 aromatic carbocycles. The maximum absolute atomic E-state index is 12.5. The van der Waals surface area contributed by atoms with E-state index in [0.717, 1.165) is 36.5 Å². The van der Waals surface area contributed by atoms with Gasteiger partial charge in [0.25, 0.3) is 10.2 Å². The highest BCUT2D eigenvalue weighted by molar-refractivity contribution is 7.87. The van der Waals surface area contributed by atoms with Crippen molar-refractivity contribution in [3.8, 4) is 0 Å². The van der Waals surface area contributed by atoms with Crippen LogP contribution in [0.25, 0.3) is 0 Å². The van der Waals surface area contributed by atoms with Crippen LogP contribution in [-0.2, 0) is 16.8 Å². The van der Waals surface area contributed by atoms with E-state index in [1.807, 2.05) is 19.2 Å². The van der Waals surface area contributed by atoms with Crippen molar-refractivity contribution >= 4 is 21.5 Å². The summed E-state index contributed by atoms with van der Waals surface area (Å²) >= 11 is 1.53. The summed E-state index contributed by atoms with van der Waals surface area (Å²) in [7, 11) is -3.44. The third-order valence-electron chi connectivity index (χ3n) is 3.61. The monoisotopic (exact) mass is 332 g/mol. The molecule has 0 bridgehead atoms. The Morgan fingerprint density at radius 3 is 2.95 bits per heavy atom. The first-order valence-corrected chi connectivity index (χ1v) is 9.73. The minimum atomic E-state index is -3.44. The predicted octanol–water partition coefficient (Wildman–Crippen LogP) is 1.25. The topological polar surface area (TPSA) is 74.3 Å². The summed E-state index contributed by atoms with van der Waals surface area (Å²) in [4.78, 5) is 4.29. The molecule has 1 fully saturated rings. The molecule has 0 saturated carbocycles. The first kappa shape index (κ1) is 16.8. The summed E-state index contributed by atoms with van der Waals surface area (Å²) in [5, 5.41) is 6.10. The second-order valence-corrected chi connectivity index (χ2v) is 8.02. The number of piperidine rings is 1. The summed E-state index contributed by atoms with van der Waals surface area (Å²) in [6, 6.07) is 0.0494. The fourth-order valence-electron chi connectivity index (χ4n) is 2.54. The smallest absolute Gasteiger partial charge is 0.280 e. The molecule has 1 aromatic heterocycles. The molecule has 0 aliphatic carbocycles. The zero-order chi connectivity index (χ0) is 15.3. The fraction of sp³-hybridized carbons (Fsp3) is 0.769. The molecule has 1 aromatic rings. The summed E-state index contributed by atoms with van der Waals surface area (Å²) in [6.45, 7) is 6.38. The van der Waals surface area contributed by atoms with Crippen LogP contribution in [0.3, 0.4) is 0 Å². The summed E-state index contributed by atoms with van der Waals surface area (Å²) in [5.41, 5.74) is 0.779. The molecule has 1 atom stereocenters. The number of rotatable bonds is 7. The molecule has 1 saturated heterocycles. The molecule has 2 heterocycles. The normalized spacial score (nSPS) is 20.8. The van der Waals surface area contributed by atoms with Gasteiger partial charge in [-0.3, -0.25) is 0 Å². The highest BCUT2D eigenvalue weighted by atomic mass is 32.2. The van der Waals surface area contributed by atoms with E-state index in [2.05, 4.69) is 15.0 Å². The Balaban J connectivity index is 1.98. The van der Waals surface area contributed by atoms with E-state index in [0.29, 0.717) is 13.1 Å². The average Bonchev–Trinajstić information content (AvgIpc) is 2.89. The molecule has 1 aliphatic heterocycles. The zero-order valence-corrected chi connectivity index (χ0v) is 14.3. The van der Waals surface area contributed by atoms with E-state index in [4.69, 9.17) is 0 Å². The summed E-state index contributed by atoms with van der Waals surface area (Å²) in [6.07, 6.45) is 2.94. The van der Waals surface area contributed by atoms with Gasteiger partial charge < -0.3 is 5.32 Å². The van der Waals surface area contributed by atoms with Crippen molar-refractivity contribution < 1.29 is 8.42 Å². The van der Waals surface area contributed by atoms with E-state index in [1.165, 1.54) is 11.3 Å². The summed E-state index contributed by atoms with van der Waals surface area (Å²) in [5.74, 6) is 0. The van der Waals surface area contributed by atoms with E-state index in [-0.39, 0.29) is 12.6 Å². The van der Waals surface area contributed by atoms with E-state index >= 15 is 0 Å². The first-order valence-electron chi connectivity index (χ1n) is 7.41. The van der Waals surface area contributed by atoms with Gasteiger partial charge in [0.15, 0.2) is 0 Å². The number of likely N-dealkylation sites (N-methyl/N-ethyl adjacent to an activating group) is 1. The van der Waals surface area contributed by atoms with Gasteiger partial charge in [-0.05, 0) is 26.3 Å². The lowest BCUT2D eigenvalue weighted by Crippen LogP contribution is -2.52. The third kappa shape index (κ3) is 4.72. The highest BCUT2D eigenvalue weighted by Crippen LogP contribution is 2.19. The van der Waals surface area contributed by atoms with E-state index in [1.54, 1.807) is 4.31 Å². The highest BCUT2D eigenvalue weighted by Gasteiger charge is 2.31. The largest absolute Gasteiger partial charge is 0.315 e. The van der Waals surface area contributed by atoms with Crippen LogP contribution in [0.5, 0.6) is 0 Å².